The fraction of sp³-hybridized carbons (Fsp3) is 0.280. The molecule has 8 heteroatoms. The van der Waals surface area contributed by atoms with Crippen LogP contribution in [-0.4, -0.2) is 37.1 Å². The Balaban J connectivity index is 1.41. The molecule has 6 nitrogen and oxygen atoms in total. The summed E-state index contributed by atoms with van der Waals surface area (Å²) in [4.78, 5) is 28.2. The lowest BCUT2D eigenvalue weighted by Crippen LogP contribution is -2.45. The fourth-order valence-corrected chi connectivity index (χ4v) is 5.11. The Hall–Kier alpha value is -2.87. The number of morpholine rings is 1. The van der Waals surface area contributed by atoms with E-state index in [4.69, 9.17) is 16.3 Å². The number of carbonyl (C=O) groups excluding carboxylic acids is 2. The zero-order valence-electron chi connectivity index (χ0n) is 18.7. The van der Waals surface area contributed by atoms with Crippen LogP contribution < -0.4 is 15.5 Å². The van der Waals surface area contributed by atoms with Crippen LogP contribution >= 0.6 is 22.9 Å². The number of nitrogens with one attached hydrogen (secondary N) is 2. The number of benzene rings is 2. The highest BCUT2D eigenvalue weighted by atomic mass is 35.5. The molecule has 1 aromatic heterocycles. The van der Waals surface area contributed by atoms with Gasteiger partial charge in [-0.3, -0.25) is 9.59 Å². The molecule has 2 atom stereocenters. The van der Waals surface area contributed by atoms with E-state index >= 15 is 0 Å². The Morgan fingerprint density at radius 2 is 1.67 bits per heavy atom. The van der Waals surface area contributed by atoms with Gasteiger partial charge in [0.05, 0.1) is 32.7 Å². The van der Waals surface area contributed by atoms with Crippen molar-refractivity contribution >= 4 is 51.1 Å². The summed E-state index contributed by atoms with van der Waals surface area (Å²) in [5.41, 5.74) is 3.00. The molecule has 1 aliphatic rings. The monoisotopic (exact) mass is 483 g/mol. The van der Waals surface area contributed by atoms with Crippen molar-refractivity contribution in [1.29, 1.82) is 0 Å². The first-order valence-electron chi connectivity index (χ1n) is 10.8. The summed E-state index contributed by atoms with van der Waals surface area (Å²) < 4.78 is 5.80. The molecule has 1 aliphatic heterocycles. The quantitative estimate of drug-likeness (QED) is 0.479. The molecule has 1 saturated heterocycles. The van der Waals surface area contributed by atoms with E-state index in [1.54, 1.807) is 30.3 Å². The number of aryl methyl sites for hydroxylation is 1. The minimum absolute atomic E-state index is 0.183. The second-order valence-electron chi connectivity index (χ2n) is 8.22. The molecule has 0 radical (unpaired) electrons. The molecule has 0 spiro atoms. The fourth-order valence-electron chi connectivity index (χ4n) is 3.93. The number of carbonyl (C=O) groups is 2. The lowest BCUT2D eigenvalue weighted by atomic mass is 10.2. The summed E-state index contributed by atoms with van der Waals surface area (Å²) in [6.07, 6.45) is 0.366. The third-order valence-electron chi connectivity index (χ3n) is 5.39. The van der Waals surface area contributed by atoms with Crippen molar-refractivity contribution in [3.05, 3.63) is 75.6 Å². The Morgan fingerprint density at radius 3 is 2.33 bits per heavy atom. The van der Waals surface area contributed by atoms with Crippen molar-refractivity contribution in [2.75, 3.05) is 28.6 Å². The summed E-state index contributed by atoms with van der Waals surface area (Å²) in [5, 5.41) is 6.75. The lowest BCUT2D eigenvalue weighted by Gasteiger charge is -2.36. The number of hydrogen-bond donors (Lipinski definition) is 2. The van der Waals surface area contributed by atoms with Crippen molar-refractivity contribution < 1.29 is 14.3 Å². The van der Waals surface area contributed by atoms with Gasteiger partial charge >= 0.3 is 0 Å². The summed E-state index contributed by atoms with van der Waals surface area (Å²) in [5.74, 6) is -0.520. The summed E-state index contributed by atoms with van der Waals surface area (Å²) in [7, 11) is 0. The first kappa shape index (κ1) is 23.3. The number of halogens is 1. The Bertz CT molecular complexity index is 1150. The van der Waals surface area contributed by atoms with Crippen LogP contribution in [0.5, 0.6) is 0 Å². The zero-order valence-corrected chi connectivity index (χ0v) is 20.3. The van der Waals surface area contributed by atoms with Gasteiger partial charge in [0, 0.05) is 24.5 Å². The number of nitrogens with zero attached hydrogens (tertiary/aromatic N) is 1. The minimum Gasteiger partial charge on any atom is -0.372 e. The predicted octanol–water partition coefficient (Wildman–Crippen LogP) is 5.83. The molecule has 4 rings (SSSR count). The Morgan fingerprint density at radius 1 is 1.00 bits per heavy atom. The highest BCUT2D eigenvalue weighted by Crippen LogP contribution is 2.29. The number of ether oxygens (including phenoxy) is 1. The van der Waals surface area contributed by atoms with E-state index in [0.717, 1.165) is 24.3 Å². The molecule has 2 unspecified atom stereocenters. The molecule has 2 N–H and O–H groups in total. The highest BCUT2D eigenvalue weighted by molar-refractivity contribution is 7.18. The minimum atomic E-state index is -0.309. The Kier molecular flexibility index (Phi) is 7.02. The number of anilines is 3. The van der Waals surface area contributed by atoms with Crippen molar-refractivity contribution in [3.8, 4) is 0 Å². The number of rotatable bonds is 5. The van der Waals surface area contributed by atoms with Gasteiger partial charge in [-0.1, -0.05) is 23.7 Å². The first-order valence-corrected chi connectivity index (χ1v) is 12.0. The van der Waals surface area contributed by atoms with Crippen molar-refractivity contribution in [1.82, 2.24) is 0 Å². The van der Waals surface area contributed by atoms with E-state index < -0.39 is 0 Å². The normalized spacial score (nSPS) is 18.1. The molecule has 0 aliphatic carbocycles. The van der Waals surface area contributed by atoms with E-state index in [1.807, 2.05) is 31.2 Å². The summed E-state index contributed by atoms with van der Waals surface area (Å²) in [6, 6.07) is 16.5. The summed E-state index contributed by atoms with van der Waals surface area (Å²) in [6.45, 7) is 7.68. The second-order valence-corrected chi connectivity index (χ2v) is 9.68. The topological polar surface area (TPSA) is 70.7 Å². The Labute approximate surface area is 202 Å². The number of hydrogen-bond acceptors (Lipinski definition) is 5. The second kappa shape index (κ2) is 9.95. The van der Waals surface area contributed by atoms with Gasteiger partial charge in [-0.25, -0.2) is 0 Å². The van der Waals surface area contributed by atoms with Gasteiger partial charge in [-0.2, -0.15) is 0 Å². The van der Waals surface area contributed by atoms with Crippen LogP contribution in [0.1, 0.15) is 39.4 Å². The van der Waals surface area contributed by atoms with Crippen LogP contribution in [0, 0.1) is 6.92 Å². The van der Waals surface area contributed by atoms with E-state index in [1.165, 1.54) is 11.3 Å². The van der Waals surface area contributed by atoms with E-state index in [-0.39, 0.29) is 24.0 Å². The van der Waals surface area contributed by atoms with Crippen molar-refractivity contribution in [2.24, 2.45) is 0 Å². The van der Waals surface area contributed by atoms with Gasteiger partial charge in [-0.05, 0) is 68.8 Å². The van der Waals surface area contributed by atoms with Gasteiger partial charge in [0.1, 0.15) is 0 Å². The molecule has 1 fully saturated rings. The van der Waals surface area contributed by atoms with Gasteiger partial charge < -0.3 is 20.3 Å². The van der Waals surface area contributed by atoms with Crippen LogP contribution in [-0.2, 0) is 4.74 Å². The smallest absolute Gasteiger partial charge is 0.266 e. The van der Waals surface area contributed by atoms with Crippen LogP contribution in [0.2, 0.25) is 5.02 Å². The molecule has 2 amide bonds. The molecular formula is C25H26ClN3O3S. The molecule has 2 aromatic carbocycles. The van der Waals surface area contributed by atoms with Crippen LogP contribution in [0.3, 0.4) is 0 Å². The first-order chi connectivity index (χ1) is 15.8. The molecule has 33 heavy (non-hydrogen) atoms. The lowest BCUT2D eigenvalue weighted by molar-refractivity contribution is -0.00521. The standard InChI is InChI=1S/C25H26ClN3O3S/c1-15-12-22(28-24(30)20-6-4-5-7-21(20)26)33-23(15)25(31)27-18-8-10-19(11-9-18)29-13-16(2)32-17(3)14-29/h4-12,16-17H,13-14H2,1-3H3,(H,27,31)(H,28,30). The van der Waals surface area contributed by atoms with Gasteiger partial charge in [0.15, 0.2) is 0 Å². The maximum absolute atomic E-state index is 12.9. The van der Waals surface area contributed by atoms with Gasteiger partial charge in [0.2, 0.25) is 0 Å². The largest absolute Gasteiger partial charge is 0.372 e. The average molecular weight is 484 g/mol. The molecule has 0 saturated carbocycles. The van der Waals surface area contributed by atoms with Crippen LogP contribution in [0.25, 0.3) is 0 Å². The van der Waals surface area contributed by atoms with Crippen molar-refractivity contribution in [2.45, 2.75) is 33.0 Å². The third-order valence-corrected chi connectivity index (χ3v) is 6.87. The van der Waals surface area contributed by atoms with Gasteiger partial charge in [-0.15, -0.1) is 11.3 Å². The van der Waals surface area contributed by atoms with Crippen molar-refractivity contribution in [3.63, 3.8) is 0 Å². The average Bonchev–Trinajstić information content (AvgIpc) is 3.14. The van der Waals surface area contributed by atoms with Crippen LogP contribution in [0.15, 0.2) is 54.6 Å². The number of thiophene rings is 1. The zero-order chi connectivity index (χ0) is 23.5. The molecule has 172 valence electrons. The predicted molar refractivity (Wildman–Crippen MR) is 135 cm³/mol. The maximum atomic E-state index is 12.9. The molecule has 0 bridgehead atoms. The maximum Gasteiger partial charge on any atom is 0.266 e. The summed E-state index contributed by atoms with van der Waals surface area (Å²) >= 11 is 7.34. The SMILES string of the molecule is Cc1cc(NC(=O)c2ccccc2Cl)sc1C(=O)Nc1ccc(N2CC(C)OC(C)C2)cc1. The number of amides is 2. The van der Waals surface area contributed by atoms with Gasteiger partial charge in [0.25, 0.3) is 11.8 Å². The third kappa shape index (κ3) is 5.55. The van der Waals surface area contributed by atoms with Crippen LogP contribution in [0.4, 0.5) is 16.4 Å². The van der Waals surface area contributed by atoms with E-state index in [2.05, 4.69) is 29.4 Å². The molecular weight excluding hydrogens is 458 g/mol. The van der Waals surface area contributed by atoms with E-state index in [0.29, 0.717) is 26.2 Å². The molecule has 2 heterocycles. The van der Waals surface area contributed by atoms with E-state index in [9.17, 15) is 9.59 Å². The molecule has 3 aromatic rings. The highest BCUT2D eigenvalue weighted by Gasteiger charge is 2.22.